The number of carbonyl (C=O) groups excluding carboxylic acids is 2. The van der Waals surface area contributed by atoms with E-state index in [2.05, 4.69) is 10.9 Å². The van der Waals surface area contributed by atoms with Gasteiger partial charge in [0.15, 0.2) is 11.5 Å². The second-order valence-electron chi connectivity index (χ2n) is 5.00. The third kappa shape index (κ3) is 4.01. The van der Waals surface area contributed by atoms with Gasteiger partial charge in [-0.15, -0.1) is 11.3 Å². The molecule has 2 heterocycles. The van der Waals surface area contributed by atoms with Crippen LogP contribution in [0.3, 0.4) is 0 Å². The van der Waals surface area contributed by atoms with Gasteiger partial charge in [0.1, 0.15) is 0 Å². The van der Waals surface area contributed by atoms with Crippen LogP contribution in [0.1, 0.15) is 28.1 Å². The fraction of sp³-hybridized carbons (Fsp3) is 0.250. The van der Waals surface area contributed by atoms with Crippen LogP contribution in [0, 0.1) is 0 Å². The molecule has 3 rings (SSSR count). The number of hydrogen-bond donors (Lipinski definition) is 2. The minimum Gasteiger partial charge on any atom is -0.454 e. The maximum absolute atomic E-state index is 12.0. The average molecular weight is 332 g/mol. The van der Waals surface area contributed by atoms with Gasteiger partial charge in [0, 0.05) is 16.9 Å². The Balaban J connectivity index is 1.42. The van der Waals surface area contributed by atoms with Crippen molar-refractivity contribution in [1.82, 2.24) is 10.9 Å². The van der Waals surface area contributed by atoms with Crippen LogP contribution in [0.5, 0.6) is 11.5 Å². The molecule has 0 bridgehead atoms. The maximum atomic E-state index is 12.0. The van der Waals surface area contributed by atoms with E-state index in [4.69, 9.17) is 9.47 Å². The Morgan fingerprint density at radius 3 is 2.83 bits per heavy atom. The molecule has 1 aromatic heterocycles. The molecule has 1 aromatic carbocycles. The van der Waals surface area contributed by atoms with E-state index in [0.29, 0.717) is 23.5 Å². The number of hydrogen-bond acceptors (Lipinski definition) is 5. The smallest absolute Gasteiger partial charge is 0.269 e. The summed E-state index contributed by atoms with van der Waals surface area (Å²) in [5, 5.41) is 2.01. The number of carbonyl (C=O) groups is 2. The van der Waals surface area contributed by atoms with E-state index in [1.54, 1.807) is 29.5 Å². The zero-order valence-corrected chi connectivity index (χ0v) is 13.2. The third-order valence-electron chi connectivity index (χ3n) is 3.36. The van der Waals surface area contributed by atoms with Crippen molar-refractivity contribution in [2.45, 2.75) is 19.3 Å². The first-order valence-corrected chi connectivity index (χ1v) is 8.11. The summed E-state index contributed by atoms with van der Waals surface area (Å²) in [7, 11) is 0. The van der Waals surface area contributed by atoms with E-state index < -0.39 is 5.91 Å². The van der Waals surface area contributed by atoms with Crippen molar-refractivity contribution in [2.24, 2.45) is 0 Å². The monoisotopic (exact) mass is 332 g/mol. The minimum absolute atomic E-state index is 0.154. The molecule has 0 unspecified atom stereocenters. The van der Waals surface area contributed by atoms with Gasteiger partial charge in [0.05, 0.1) is 0 Å². The number of nitrogens with one attached hydrogen (secondary N) is 2. The number of rotatable bonds is 5. The molecule has 0 saturated heterocycles. The average Bonchev–Trinajstić information content (AvgIpc) is 3.23. The Bertz CT molecular complexity index is 700. The molecule has 2 amide bonds. The Morgan fingerprint density at radius 2 is 2.00 bits per heavy atom. The fourth-order valence-electron chi connectivity index (χ4n) is 2.18. The highest BCUT2D eigenvalue weighted by molar-refractivity contribution is 7.09. The SMILES string of the molecule is O=C(CCCc1cccs1)NNC(=O)c1ccc2c(c1)OCO2. The van der Waals surface area contributed by atoms with Crippen LogP contribution >= 0.6 is 11.3 Å². The third-order valence-corrected chi connectivity index (χ3v) is 4.29. The quantitative estimate of drug-likeness (QED) is 0.824. The number of thiophene rings is 1. The molecule has 7 heteroatoms. The molecule has 1 aliphatic rings. The van der Waals surface area contributed by atoms with Gasteiger partial charge in [-0.3, -0.25) is 20.4 Å². The van der Waals surface area contributed by atoms with Crippen LogP contribution in [0.15, 0.2) is 35.7 Å². The van der Waals surface area contributed by atoms with Crippen LogP contribution in [-0.4, -0.2) is 18.6 Å². The number of aryl methyl sites for hydroxylation is 1. The molecule has 1 aliphatic heterocycles. The second-order valence-corrected chi connectivity index (χ2v) is 6.04. The highest BCUT2D eigenvalue weighted by Crippen LogP contribution is 2.32. The molecule has 2 aromatic rings. The lowest BCUT2D eigenvalue weighted by molar-refractivity contribution is -0.121. The predicted molar refractivity (Wildman–Crippen MR) is 85.4 cm³/mol. The molecular formula is C16H16N2O4S. The summed E-state index contributed by atoms with van der Waals surface area (Å²) in [5.74, 6) is 0.532. The molecule has 0 atom stereocenters. The van der Waals surface area contributed by atoms with Crippen LogP contribution < -0.4 is 20.3 Å². The summed E-state index contributed by atoms with van der Waals surface area (Å²) < 4.78 is 10.4. The summed E-state index contributed by atoms with van der Waals surface area (Å²) in [6, 6.07) is 8.90. The van der Waals surface area contributed by atoms with Crippen molar-refractivity contribution in [3.05, 3.63) is 46.2 Å². The van der Waals surface area contributed by atoms with Gasteiger partial charge in [0.2, 0.25) is 12.7 Å². The molecule has 0 saturated carbocycles. The van der Waals surface area contributed by atoms with Crippen molar-refractivity contribution in [3.8, 4) is 11.5 Å². The Labute approximate surface area is 137 Å². The predicted octanol–water partition coefficient (Wildman–Crippen LogP) is 2.26. The van der Waals surface area contributed by atoms with Crippen molar-refractivity contribution in [1.29, 1.82) is 0 Å². The van der Waals surface area contributed by atoms with Crippen molar-refractivity contribution in [3.63, 3.8) is 0 Å². The minimum atomic E-state index is -0.394. The number of fused-ring (bicyclic) bond motifs is 1. The van der Waals surface area contributed by atoms with Gasteiger partial charge in [-0.25, -0.2) is 0 Å². The van der Waals surface area contributed by atoms with E-state index in [-0.39, 0.29) is 12.7 Å². The summed E-state index contributed by atoms with van der Waals surface area (Å²) in [6.07, 6.45) is 1.97. The van der Waals surface area contributed by atoms with Gasteiger partial charge < -0.3 is 9.47 Å². The largest absolute Gasteiger partial charge is 0.454 e. The summed E-state index contributed by atoms with van der Waals surface area (Å²) >= 11 is 1.68. The molecule has 23 heavy (non-hydrogen) atoms. The first-order chi connectivity index (χ1) is 11.2. The van der Waals surface area contributed by atoms with E-state index in [1.165, 1.54) is 4.88 Å². The molecule has 0 aliphatic carbocycles. The molecule has 6 nitrogen and oxygen atoms in total. The number of ether oxygens (including phenoxy) is 2. The lowest BCUT2D eigenvalue weighted by Gasteiger charge is -2.07. The normalized spacial score (nSPS) is 12.0. The number of hydrazine groups is 1. The van der Waals surface area contributed by atoms with Gasteiger partial charge in [0.25, 0.3) is 5.91 Å². The van der Waals surface area contributed by atoms with Crippen molar-refractivity contribution >= 4 is 23.2 Å². The number of benzene rings is 1. The van der Waals surface area contributed by atoms with Crippen LogP contribution in [0.2, 0.25) is 0 Å². The van der Waals surface area contributed by atoms with E-state index >= 15 is 0 Å². The Morgan fingerprint density at radius 1 is 1.13 bits per heavy atom. The Kier molecular flexibility index (Phi) is 4.77. The standard InChI is InChI=1S/C16H16N2O4S/c19-15(5-1-3-12-4-2-8-23-12)17-18-16(20)11-6-7-13-14(9-11)22-10-21-13/h2,4,6-9H,1,3,5,10H2,(H,17,19)(H,18,20). The van der Waals surface area contributed by atoms with Gasteiger partial charge >= 0.3 is 0 Å². The van der Waals surface area contributed by atoms with Gasteiger partial charge in [-0.05, 0) is 42.5 Å². The zero-order valence-electron chi connectivity index (χ0n) is 12.3. The second kappa shape index (κ2) is 7.15. The highest BCUT2D eigenvalue weighted by atomic mass is 32.1. The lowest BCUT2D eigenvalue weighted by Crippen LogP contribution is -2.41. The highest BCUT2D eigenvalue weighted by Gasteiger charge is 2.16. The molecule has 0 spiro atoms. The topological polar surface area (TPSA) is 76.7 Å². The summed E-state index contributed by atoms with van der Waals surface area (Å²) in [6.45, 7) is 0.154. The fourth-order valence-corrected chi connectivity index (χ4v) is 2.93. The summed E-state index contributed by atoms with van der Waals surface area (Å²) in [4.78, 5) is 25.0. The number of amides is 2. The van der Waals surface area contributed by atoms with Crippen LogP contribution in [0.25, 0.3) is 0 Å². The van der Waals surface area contributed by atoms with Crippen LogP contribution in [0.4, 0.5) is 0 Å². The molecule has 0 fully saturated rings. The van der Waals surface area contributed by atoms with Crippen LogP contribution in [-0.2, 0) is 11.2 Å². The van der Waals surface area contributed by atoms with Gasteiger partial charge in [-0.2, -0.15) is 0 Å². The van der Waals surface area contributed by atoms with E-state index in [1.807, 2.05) is 17.5 Å². The molecular weight excluding hydrogens is 316 g/mol. The molecule has 2 N–H and O–H groups in total. The van der Waals surface area contributed by atoms with Crippen molar-refractivity contribution < 1.29 is 19.1 Å². The first-order valence-electron chi connectivity index (χ1n) is 7.23. The molecule has 0 radical (unpaired) electrons. The molecule has 120 valence electrons. The van der Waals surface area contributed by atoms with Gasteiger partial charge in [-0.1, -0.05) is 6.07 Å². The van der Waals surface area contributed by atoms with Crippen molar-refractivity contribution in [2.75, 3.05) is 6.79 Å². The summed E-state index contributed by atoms with van der Waals surface area (Å²) in [5.41, 5.74) is 5.22. The maximum Gasteiger partial charge on any atom is 0.269 e. The lowest BCUT2D eigenvalue weighted by atomic mass is 10.2. The first kappa shape index (κ1) is 15.4. The van der Waals surface area contributed by atoms with E-state index in [9.17, 15) is 9.59 Å². The zero-order chi connectivity index (χ0) is 16.1. The van der Waals surface area contributed by atoms with E-state index in [0.717, 1.165) is 12.8 Å². The Hall–Kier alpha value is -2.54.